The van der Waals surface area contributed by atoms with Crippen LogP contribution in [0.3, 0.4) is 0 Å². The number of hydrogen-bond donors (Lipinski definition) is 2. The minimum atomic E-state index is -0.352. The highest BCUT2D eigenvalue weighted by Crippen LogP contribution is 2.41. The van der Waals surface area contributed by atoms with Crippen molar-refractivity contribution in [3.8, 4) is 23.3 Å². The maximum Gasteiger partial charge on any atom is 0.300 e. The molecule has 31 heavy (non-hydrogen) atoms. The molecule has 1 atom stereocenters. The van der Waals surface area contributed by atoms with Crippen molar-refractivity contribution < 1.29 is 14.3 Å². The van der Waals surface area contributed by atoms with Crippen molar-refractivity contribution in [3.63, 3.8) is 0 Å². The molecule has 1 unspecified atom stereocenters. The quantitative estimate of drug-likeness (QED) is 0.589. The average Bonchev–Trinajstić information content (AvgIpc) is 3.23. The van der Waals surface area contributed by atoms with Crippen LogP contribution in [0.2, 0.25) is 10.0 Å². The van der Waals surface area contributed by atoms with Gasteiger partial charge in [-0.25, -0.2) is 0 Å². The van der Waals surface area contributed by atoms with Crippen LogP contribution in [0.5, 0.6) is 11.5 Å². The predicted octanol–water partition coefficient (Wildman–Crippen LogP) is 4.67. The fourth-order valence-corrected chi connectivity index (χ4v) is 4.11. The molecule has 0 aliphatic carbocycles. The van der Waals surface area contributed by atoms with Crippen molar-refractivity contribution in [2.24, 2.45) is 5.10 Å². The number of carbonyl (C=O) groups is 1. The van der Waals surface area contributed by atoms with Crippen molar-refractivity contribution >= 4 is 40.5 Å². The maximum atomic E-state index is 11.9. The van der Waals surface area contributed by atoms with E-state index in [1.54, 1.807) is 27.2 Å². The molecule has 1 aliphatic rings. The summed E-state index contributed by atoms with van der Waals surface area (Å²) >= 11 is 13.0. The first kappa shape index (κ1) is 22.8. The number of carbonyl (C=O) groups excluding carboxylic acids is 1. The zero-order valence-corrected chi connectivity index (χ0v) is 19.0. The molecule has 2 aromatic carbocycles. The van der Waals surface area contributed by atoms with Crippen LogP contribution in [0.15, 0.2) is 35.4 Å². The van der Waals surface area contributed by atoms with Crippen LogP contribution >= 0.6 is 23.2 Å². The van der Waals surface area contributed by atoms with Crippen LogP contribution in [-0.2, 0) is 11.2 Å². The third-order valence-corrected chi connectivity index (χ3v) is 5.78. The topological polar surface area (TPSA) is 72.0 Å². The monoisotopic (exact) mass is 459 g/mol. The Balaban J connectivity index is 1.71. The van der Waals surface area contributed by atoms with Gasteiger partial charge in [-0.15, -0.1) is 0 Å². The number of nitrogens with one attached hydrogen (secondary N) is 2. The molecule has 8 heteroatoms. The normalized spacial score (nSPS) is 14.7. The molecule has 1 amide bonds. The van der Waals surface area contributed by atoms with Gasteiger partial charge in [0.1, 0.15) is 11.5 Å². The summed E-state index contributed by atoms with van der Waals surface area (Å²) in [6.07, 6.45) is 2.07. The van der Waals surface area contributed by atoms with E-state index in [2.05, 4.69) is 27.7 Å². The first-order chi connectivity index (χ1) is 15.0. The van der Waals surface area contributed by atoms with Gasteiger partial charge in [-0.3, -0.25) is 4.79 Å². The first-order valence-corrected chi connectivity index (χ1v) is 10.5. The maximum absolute atomic E-state index is 11.9. The summed E-state index contributed by atoms with van der Waals surface area (Å²) in [6.45, 7) is 1.62. The number of ether oxygens (including phenoxy) is 2. The van der Waals surface area contributed by atoms with Gasteiger partial charge in [-0.1, -0.05) is 47.3 Å². The number of halogens is 2. The van der Waals surface area contributed by atoms with Gasteiger partial charge in [0.25, 0.3) is 5.91 Å². The minimum absolute atomic E-state index is 0.0959. The lowest BCUT2D eigenvalue weighted by Gasteiger charge is -2.16. The van der Waals surface area contributed by atoms with Gasteiger partial charge in [0.2, 0.25) is 0 Å². The Bertz CT molecular complexity index is 1050. The van der Waals surface area contributed by atoms with Crippen molar-refractivity contribution in [1.29, 1.82) is 0 Å². The Morgan fingerprint density at radius 2 is 1.90 bits per heavy atom. The van der Waals surface area contributed by atoms with Crippen molar-refractivity contribution in [2.75, 3.05) is 19.5 Å². The van der Waals surface area contributed by atoms with Crippen LogP contribution in [0.1, 0.15) is 30.9 Å². The fraction of sp³-hybridized carbons (Fsp3) is 0.304. The highest BCUT2D eigenvalue weighted by atomic mass is 35.5. The van der Waals surface area contributed by atoms with Gasteiger partial charge in [0, 0.05) is 24.1 Å². The van der Waals surface area contributed by atoms with Gasteiger partial charge in [-0.2, -0.15) is 5.10 Å². The number of amides is 1. The summed E-state index contributed by atoms with van der Waals surface area (Å²) < 4.78 is 10.7. The van der Waals surface area contributed by atoms with Gasteiger partial charge < -0.3 is 20.2 Å². The Labute approximate surface area is 191 Å². The van der Waals surface area contributed by atoms with Crippen LogP contribution < -0.4 is 20.2 Å². The Kier molecular flexibility index (Phi) is 7.67. The third-order valence-electron chi connectivity index (χ3n) is 4.95. The van der Waals surface area contributed by atoms with E-state index in [0.717, 1.165) is 23.3 Å². The van der Waals surface area contributed by atoms with Crippen LogP contribution in [0, 0.1) is 11.8 Å². The molecule has 0 saturated heterocycles. The molecule has 0 spiro atoms. The molecule has 1 heterocycles. The van der Waals surface area contributed by atoms with Gasteiger partial charge in [0.05, 0.1) is 35.7 Å². The van der Waals surface area contributed by atoms with E-state index in [1.807, 2.05) is 24.3 Å². The number of methoxy groups -OCH3 is 2. The van der Waals surface area contributed by atoms with E-state index >= 15 is 0 Å². The Morgan fingerprint density at radius 3 is 2.55 bits per heavy atom. The van der Waals surface area contributed by atoms with Crippen molar-refractivity contribution in [2.45, 2.75) is 32.2 Å². The molecule has 0 fully saturated rings. The number of benzene rings is 2. The second kappa shape index (κ2) is 10.4. The van der Waals surface area contributed by atoms with Crippen molar-refractivity contribution in [1.82, 2.24) is 5.43 Å². The summed E-state index contributed by atoms with van der Waals surface area (Å²) in [4.78, 5) is 11.9. The van der Waals surface area contributed by atoms with E-state index in [-0.39, 0.29) is 11.9 Å². The summed E-state index contributed by atoms with van der Waals surface area (Å²) in [5.41, 5.74) is 6.37. The molecule has 162 valence electrons. The van der Waals surface area contributed by atoms with E-state index in [9.17, 15) is 4.79 Å². The summed E-state index contributed by atoms with van der Waals surface area (Å²) in [5.74, 6) is 5.78. The predicted molar refractivity (Wildman–Crippen MR) is 124 cm³/mol. The molecule has 0 saturated carbocycles. The molecule has 0 aromatic heterocycles. The first-order valence-electron chi connectivity index (χ1n) is 9.72. The highest BCUT2D eigenvalue weighted by Gasteiger charge is 2.24. The van der Waals surface area contributed by atoms with Crippen LogP contribution in [0.25, 0.3) is 0 Å². The Morgan fingerprint density at radius 1 is 1.23 bits per heavy atom. The fourth-order valence-electron chi connectivity index (χ4n) is 3.42. The lowest BCUT2D eigenvalue weighted by atomic mass is 9.98. The third kappa shape index (κ3) is 5.25. The van der Waals surface area contributed by atoms with Crippen molar-refractivity contribution in [3.05, 3.63) is 51.5 Å². The van der Waals surface area contributed by atoms with E-state index in [0.29, 0.717) is 40.1 Å². The van der Waals surface area contributed by atoms with Crippen LogP contribution in [-0.4, -0.2) is 31.9 Å². The molecule has 1 aliphatic heterocycles. The SMILES string of the molecule is CC#CC(=O)Nc1ccccc1C1=NNC(CCc2c(Cl)c(OC)cc(OC)c2Cl)C1. The Hall–Kier alpha value is -2.88. The number of rotatable bonds is 7. The molecular formula is C23H23Cl2N3O3. The molecule has 3 rings (SSSR count). The number of hydrazone groups is 1. The summed E-state index contributed by atoms with van der Waals surface area (Å²) in [5, 5.41) is 8.27. The van der Waals surface area contributed by atoms with Crippen LogP contribution in [0.4, 0.5) is 5.69 Å². The molecule has 2 N–H and O–H groups in total. The standard InChI is InChI=1S/C23H23Cl2N3O3/c1-4-7-21(29)26-17-9-6-5-8-15(17)18-12-14(27-28-18)10-11-16-22(24)19(30-2)13-20(31-3)23(16)25/h5-6,8-9,13-14,27H,10-12H2,1-3H3,(H,26,29). The minimum Gasteiger partial charge on any atom is -0.495 e. The zero-order valence-electron chi connectivity index (χ0n) is 17.5. The number of para-hydroxylation sites is 1. The molecule has 0 radical (unpaired) electrons. The molecule has 0 bridgehead atoms. The molecular weight excluding hydrogens is 437 g/mol. The number of nitrogens with zero attached hydrogens (tertiary/aromatic N) is 1. The zero-order chi connectivity index (χ0) is 22.4. The molecule has 2 aromatic rings. The van der Waals surface area contributed by atoms with Gasteiger partial charge in [-0.05, 0) is 37.3 Å². The van der Waals surface area contributed by atoms with E-state index in [1.165, 1.54) is 0 Å². The summed E-state index contributed by atoms with van der Waals surface area (Å²) in [7, 11) is 3.11. The smallest absolute Gasteiger partial charge is 0.300 e. The second-order valence-electron chi connectivity index (χ2n) is 6.89. The number of hydrogen-bond acceptors (Lipinski definition) is 5. The largest absolute Gasteiger partial charge is 0.495 e. The molecule has 6 nitrogen and oxygen atoms in total. The second-order valence-corrected chi connectivity index (χ2v) is 7.65. The highest BCUT2D eigenvalue weighted by molar-refractivity contribution is 6.37. The number of anilines is 1. The van der Waals surface area contributed by atoms with E-state index in [4.69, 9.17) is 32.7 Å². The van der Waals surface area contributed by atoms with Gasteiger partial charge >= 0.3 is 0 Å². The van der Waals surface area contributed by atoms with Gasteiger partial charge in [0.15, 0.2) is 0 Å². The summed E-state index contributed by atoms with van der Waals surface area (Å²) in [6, 6.07) is 9.31. The lowest BCUT2D eigenvalue weighted by molar-refractivity contribution is -0.111. The van der Waals surface area contributed by atoms with E-state index < -0.39 is 0 Å². The lowest BCUT2D eigenvalue weighted by Crippen LogP contribution is -2.20. The average molecular weight is 460 g/mol.